The second-order valence-electron chi connectivity index (χ2n) is 9.94. The molecule has 1 aromatic carbocycles. The fourth-order valence-electron chi connectivity index (χ4n) is 3.59. The van der Waals surface area contributed by atoms with Gasteiger partial charge in [0.2, 0.25) is 0 Å². The minimum absolute atomic E-state index is 0.0246. The number of ether oxygens (including phenoxy) is 1. The highest BCUT2D eigenvalue weighted by atomic mass is 28.4. The fourth-order valence-corrected chi connectivity index (χ4v) is 4.85. The van der Waals surface area contributed by atoms with Gasteiger partial charge >= 0.3 is 0 Å². The van der Waals surface area contributed by atoms with Gasteiger partial charge in [-0.1, -0.05) is 45.5 Å². The van der Waals surface area contributed by atoms with Crippen molar-refractivity contribution in [1.29, 1.82) is 0 Å². The summed E-state index contributed by atoms with van der Waals surface area (Å²) in [4.78, 5) is 25.8. The van der Waals surface area contributed by atoms with Gasteiger partial charge in [0.25, 0.3) is 5.91 Å². The Hall–Kier alpha value is -2.92. The Morgan fingerprint density at radius 2 is 1.94 bits per heavy atom. The summed E-state index contributed by atoms with van der Waals surface area (Å²) in [7, 11) is -2.19. The van der Waals surface area contributed by atoms with E-state index in [1.807, 2.05) is 6.07 Å². The zero-order valence-corrected chi connectivity index (χ0v) is 21.1. The number of aromatic nitrogens is 4. The van der Waals surface area contributed by atoms with Crippen LogP contribution in [-0.2, 0) is 9.16 Å². The molecule has 9 nitrogen and oxygen atoms in total. The number of benzene rings is 1. The number of nitrogens with one attached hydrogen (secondary N) is 1. The largest absolute Gasteiger partial charge is 0.406 e. The normalized spacial score (nSPS) is 21.2. The molecule has 10 heteroatoms. The number of nitrogens with zero attached hydrogens (tertiary/aromatic N) is 4. The number of aliphatic hydroxyl groups excluding tert-OH is 1. The maximum Gasteiger partial charge on any atom is 0.256 e. The van der Waals surface area contributed by atoms with Crippen LogP contribution < -0.4 is 5.32 Å². The van der Waals surface area contributed by atoms with Crippen LogP contribution in [0.3, 0.4) is 0 Å². The number of hydrogen-bond acceptors (Lipinski definition) is 7. The first-order chi connectivity index (χ1) is 16.0. The molecule has 2 N–H and O–H groups in total. The third kappa shape index (κ3) is 4.41. The number of carbonyl (C=O) groups excluding carboxylic acids is 1. The van der Waals surface area contributed by atoms with Crippen LogP contribution in [0, 0.1) is 0 Å². The molecule has 3 heterocycles. The van der Waals surface area contributed by atoms with Crippen molar-refractivity contribution in [2.45, 2.75) is 57.3 Å². The molecule has 4 rings (SSSR count). The zero-order chi connectivity index (χ0) is 24.7. The lowest BCUT2D eigenvalue weighted by Crippen LogP contribution is -2.45. The van der Waals surface area contributed by atoms with Crippen LogP contribution in [0.5, 0.6) is 0 Å². The lowest BCUT2D eigenvalue weighted by Gasteiger charge is -2.39. The summed E-state index contributed by atoms with van der Waals surface area (Å²) in [6, 6.07) is 8.89. The molecule has 180 valence electrons. The smallest absolute Gasteiger partial charge is 0.256 e. The molecular formula is C24H31N5O4Si. The summed E-state index contributed by atoms with van der Waals surface area (Å²) >= 11 is 0. The van der Waals surface area contributed by atoms with Gasteiger partial charge in [0, 0.05) is 5.56 Å². The van der Waals surface area contributed by atoms with Crippen molar-refractivity contribution in [1.82, 2.24) is 19.5 Å². The maximum atomic E-state index is 12.7. The van der Waals surface area contributed by atoms with Crippen LogP contribution in [0.4, 0.5) is 5.82 Å². The Morgan fingerprint density at radius 3 is 2.59 bits per heavy atom. The number of imidazole rings is 1. The van der Waals surface area contributed by atoms with Crippen LogP contribution in [0.25, 0.3) is 11.2 Å². The quantitative estimate of drug-likeness (QED) is 0.405. The number of fused-ring (bicyclic) bond motifs is 1. The zero-order valence-electron chi connectivity index (χ0n) is 20.1. The molecule has 0 saturated carbocycles. The number of carbonyl (C=O) groups is 1. The van der Waals surface area contributed by atoms with Crippen molar-refractivity contribution in [3.8, 4) is 0 Å². The number of amides is 1. The van der Waals surface area contributed by atoms with Crippen LogP contribution in [0.15, 0.2) is 55.1 Å². The van der Waals surface area contributed by atoms with E-state index in [0.717, 1.165) is 0 Å². The number of rotatable bonds is 6. The molecule has 0 unspecified atom stereocenters. The SMILES string of the molecule is C=C1[C@@H](O[Si](C)(C)C(C)(C)C)[C@H](n2cnc3c(NC(=O)c4ccccc4)ncnc32)O[C@@H]1CO. The van der Waals surface area contributed by atoms with Gasteiger partial charge in [0.1, 0.15) is 18.5 Å². The second kappa shape index (κ2) is 9.03. The van der Waals surface area contributed by atoms with Crippen LogP contribution in [0.1, 0.15) is 37.4 Å². The molecule has 0 radical (unpaired) electrons. The predicted octanol–water partition coefficient (Wildman–Crippen LogP) is 3.91. The van der Waals surface area contributed by atoms with Crippen molar-refractivity contribution in [2.24, 2.45) is 0 Å². The number of aliphatic hydroxyl groups is 1. The summed E-state index contributed by atoms with van der Waals surface area (Å²) < 4.78 is 14.6. The Labute approximate surface area is 200 Å². The van der Waals surface area contributed by atoms with Crippen molar-refractivity contribution in [3.05, 3.63) is 60.7 Å². The molecule has 2 aromatic heterocycles. The molecule has 0 bridgehead atoms. The fraction of sp³-hybridized carbons (Fsp3) is 0.417. The van der Waals surface area contributed by atoms with E-state index in [-0.39, 0.29) is 17.6 Å². The molecule has 3 atom stereocenters. The summed E-state index contributed by atoms with van der Waals surface area (Å²) in [5.41, 5.74) is 2.11. The van der Waals surface area contributed by atoms with Gasteiger partial charge in [0.05, 0.1) is 12.9 Å². The lowest BCUT2D eigenvalue weighted by molar-refractivity contribution is -0.0454. The standard InChI is InChI=1S/C24H31N5O4Si/c1-15-17(12-30)32-23(19(15)33-34(5,6)24(2,3)4)29-14-27-18-20(25-13-26-21(18)29)28-22(31)16-10-8-7-9-11-16/h7-11,13-14,17,19,23,30H,1,12H2,2-6H3,(H,25,26,28,31)/t17-,19-,23-/m1/s1. The Bertz CT molecular complexity index is 1210. The predicted molar refractivity (Wildman–Crippen MR) is 132 cm³/mol. The highest BCUT2D eigenvalue weighted by Crippen LogP contribution is 2.43. The van der Waals surface area contributed by atoms with Crippen LogP contribution in [-0.4, -0.2) is 57.7 Å². The third-order valence-corrected chi connectivity index (χ3v) is 11.1. The highest BCUT2D eigenvalue weighted by Gasteiger charge is 2.47. The van der Waals surface area contributed by atoms with E-state index in [4.69, 9.17) is 9.16 Å². The van der Waals surface area contributed by atoms with Gasteiger partial charge in [-0.25, -0.2) is 15.0 Å². The average Bonchev–Trinajstić information content (AvgIpc) is 3.35. The third-order valence-electron chi connectivity index (χ3n) is 6.64. The van der Waals surface area contributed by atoms with Crippen molar-refractivity contribution in [3.63, 3.8) is 0 Å². The molecule has 0 spiro atoms. The van der Waals surface area contributed by atoms with Crippen LogP contribution in [0.2, 0.25) is 18.1 Å². The van der Waals surface area contributed by atoms with E-state index in [2.05, 4.69) is 60.7 Å². The molecule has 1 aliphatic heterocycles. The highest BCUT2D eigenvalue weighted by molar-refractivity contribution is 6.74. The summed E-state index contributed by atoms with van der Waals surface area (Å²) in [6.07, 6.45) is 1.32. The molecule has 3 aromatic rings. The minimum Gasteiger partial charge on any atom is -0.406 e. The second-order valence-corrected chi connectivity index (χ2v) is 14.7. The van der Waals surface area contributed by atoms with Gasteiger partial charge in [-0.2, -0.15) is 0 Å². The molecule has 0 aliphatic carbocycles. The first-order valence-corrected chi connectivity index (χ1v) is 14.1. The number of hydrogen-bond donors (Lipinski definition) is 2. The Balaban J connectivity index is 1.69. The topological polar surface area (TPSA) is 111 Å². The van der Waals surface area contributed by atoms with Gasteiger partial charge in [-0.05, 0) is 35.8 Å². The summed E-state index contributed by atoms with van der Waals surface area (Å²) in [5, 5.41) is 12.7. The Kier molecular flexibility index (Phi) is 6.43. The van der Waals surface area contributed by atoms with Crippen molar-refractivity contribution in [2.75, 3.05) is 11.9 Å². The molecule has 1 saturated heterocycles. The van der Waals surface area contributed by atoms with Gasteiger partial charge < -0.3 is 19.6 Å². The van der Waals surface area contributed by atoms with E-state index in [1.54, 1.807) is 35.2 Å². The first-order valence-electron chi connectivity index (χ1n) is 11.2. The van der Waals surface area contributed by atoms with Gasteiger partial charge in [-0.15, -0.1) is 0 Å². The summed E-state index contributed by atoms with van der Waals surface area (Å²) in [5.74, 6) is 0.00937. The van der Waals surface area contributed by atoms with Crippen molar-refractivity contribution < 1.29 is 19.1 Å². The Morgan fingerprint density at radius 1 is 1.24 bits per heavy atom. The van der Waals surface area contributed by atoms with Crippen LogP contribution >= 0.6 is 0 Å². The minimum atomic E-state index is -2.19. The molecule has 1 amide bonds. The number of anilines is 1. The molecule has 1 aliphatic rings. The van der Waals surface area contributed by atoms with E-state index >= 15 is 0 Å². The average molecular weight is 482 g/mol. The van der Waals surface area contributed by atoms with Gasteiger partial charge in [0.15, 0.2) is 31.5 Å². The molecule has 34 heavy (non-hydrogen) atoms. The van der Waals surface area contributed by atoms with E-state index in [0.29, 0.717) is 28.1 Å². The van der Waals surface area contributed by atoms with E-state index in [9.17, 15) is 9.90 Å². The summed E-state index contributed by atoms with van der Waals surface area (Å²) in [6.45, 7) is 14.8. The van der Waals surface area contributed by atoms with E-state index < -0.39 is 26.8 Å². The maximum absolute atomic E-state index is 12.7. The van der Waals surface area contributed by atoms with Crippen molar-refractivity contribution >= 4 is 31.2 Å². The molecular weight excluding hydrogens is 450 g/mol. The lowest BCUT2D eigenvalue weighted by atomic mass is 10.1. The molecule has 1 fully saturated rings. The van der Waals surface area contributed by atoms with E-state index in [1.165, 1.54) is 6.33 Å². The first kappa shape index (κ1) is 24.2. The van der Waals surface area contributed by atoms with Gasteiger partial charge in [-0.3, -0.25) is 9.36 Å². The monoisotopic (exact) mass is 481 g/mol.